The largest absolute Gasteiger partial charge is 0.293 e. The molecule has 0 atom stereocenters. The quantitative estimate of drug-likeness (QED) is 0.571. The molecule has 0 heterocycles. The Morgan fingerprint density at radius 2 is 1.69 bits per heavy atom. The maximum atomic E-state index is 4.21. The average Bonchev–Trinajstić information content (AvgIpc) is 2.19. The standard InChI is InChI=1S/C11H17NS/c1-3-10-4-6-11(7-5-10)8-12(2)9-13/h4-7,13H,3,8-9H2,1-2H3. The summed E-state index contributed by atoms with van der Waals surface area (Å²) in [6.45, 7) is 3.16. The van der Waals surface area contributed by atoms with Gasteiger partial charge in [0.2, 0.25) is 0 Å². The van der Waals surface area contributed by atoms with E-state index in [1.54, 1.807) is 0 Å². The molecule has 0 saturated heterocycles. The van der Waals surface area contributed by atoms with Crippen LogP contribution in [0.3, 0.4) is 0 Å². The molecule has 2 heteroatoms. The van der Waals surface area contributed by atoms with Gasteiger partial charge in [0.15, 0.2) is 0 Å². The molecule has 1 nitrogen and oxygen atoms in total. The van der Waals surface area contributed by atoms with E-state index in [2.05, 4.69) is 55.8 Å². The van der Waals surface area contributed by atoms with E-state index in [0.29, 0.717) is 0 Å². The zero-order chi connectivity index (χ0) is 9.68. The summed E-state index contributed by atoms with van der Waals surface area (Å²) in [6.07, 6.45) is 1.11. The van der Waals surface area contributed by atoms with Gasteiger partial charge in [0.1, 0.15) is 0 Å². The smallest absolute Gasteiger partial charge is 0.0414 e. The van der Waals surface area contributed by atoms with Crippen LogP contribution < -0.4 is 0 Å². The molecule has 0 N–H and O–H groups in total. The molecule has 1 aromatic rings. The molecular formula is C11H17NS. The summed E-state index contributed by atoms with van der Waals surface area (Å²) in [5.41, 5.74) is 2.76. The third-order valence-corrected chi connectivity index (χ3v) is 2.61. The van der Waals surface area contributed by atoms with Crippen molar-refractivity contribution >= 4 is 12.6 Å². The van der Waals surface area contributed by atoms with Gasteiger partial charge in [-0.15, -0.1) is 0 Å². The second kappa shape index (κ2) is 5.30. The van der Waals surface area contributed by atoms with Crippen LogP contribution >= 0.6 is 12.6 Å². The SMILES string of the molecule is CCc1ccc(CN(C)CS)cc1. The summed E-state index contributed by atoms with van der Waals surface area (Å²) in [4.78, 5) is 2.17. The van der Waals surface area contributed by atoms with Gasteiger partial charge in [0.05, 0.1) is 0 Å². The highest BCUT2D eigenvalue weighted by Gasteiger charge is 1.97. The van der Waals surface area contributed by atoms with Crippen molar-refractivity contribution in [3.05, 3.63) is 35.4 Å². The second-order valence-electron chi connectivity index (χ2n) is 3.33. The van der Waals surface area contributed by atoms with Gasteiger partial charge in [-0.1, -0.05) is 31.2 Å². The maximum absolute atomic E-state index is 4.21. The third kappa shape index (κ3) is 3.41. The molecule has 0 aliphatic rings. The van der Waals surface area contributed by atoms with E-state index in [4.69, 9.17) is 0 Å². The second-order valence-corrected chi connectivity index (χ2v) is 3.61. The van der Waals surface area contributed by atoms with Crippen molar-refractivity contribution in [2.24, 2.45) is 0 Å². The Morgan fingerprint density at radius 3 is 2.15 bits per heavy atom. The van der Waals surface area contributed by atoms with Gasteiger partial charge >= 0.3 is 0 Å². The highest BCUT2D eigenvalue weighted by Crippen LogP contribution is 2.07. The van der Waals surface area contributed by atoms with Crippen LogP contribution in [0.15, 0.2) is 24.3 Å². The Morgan fingerprint density at radius 1 is 1.15 bits per heavy atom. The van der Waals surface area contributed by atoms with Gasteiger partial charge in [-0.05, 0) is 24.6 Å². The minimum Gasteiger partial charge on any atom is -0.293 e. The first-order valence-corrected chi connectivity index (χ1v) is 5.26. The minimum absolute atomic E-state index is 0.801. The predicted octanol–water partition coefficient (Wildman–Crippen LogP) is 2.57. The van der Waals surface area contributed by atoms with Crippen molar-refractivity contribution in [3.63, 3.8) is 0 Å². The van der Waals surface area contributed by atoms with E-state index in [9.17, 15) is 0 Å². The van der Waals surface area contributed by atoms with Gasteiger partial charge < -0.3 is 0 Å². The van der Waals surface area contributed by atoms with Crippen molar-refractivity contribution < 1.29 is 0 Å². The lowest BCUT2D eigenvalue weighted by Crippen LogP contribution is -2.15. The molecule has 72 valence electrons. The first-order chi connectivity index (χ1) is 6.26. The van der Waals surface area contributed by atoms with Crippen molar-refractivity contribution in [1.82, 2.24) is 4.90 Å². The number of nitrogens with zero attached hydrogens (tertiary/aromatic N) is 1. The van der Waals surface area contributed by atoms with Crippen LogP contribution in [-0.4, -0.2) is 17.8 Å². The van der Waals surface area contributed by atoms with E-state index in [1.807, 2.05) is 0 Å². The van der Waals surface area contributed by atoms with Crippen molar-refractivity contribution in [3.8, 4) is 0 Å². The summed E-state index contributed by atoms with van der Waals surface area (Å²) >= 11 is 4.21. The van der Waals surface area contributed by atoms with Crippen LogP contribution in [-0.2, 0) is 13.0 Å². The minimum atomic E-state index is 0.801. The molecule has 13 heavy (non-hydrogen) atoms. The van der Waals surface area contributed by atoms with Crippen molar-refractivity contribution in [2.45, 2.75) is 19.9 Å². The fourth-order valence-electron chi connectivity index (χ4n) is 1.24. The number of benzene rings is 1. The van der Waals surface area contributed by atoms with Gasteiger partial charge in [0, 0.05) is 12.4 Å². The Labute approximate surface area is 86.2 Å². The normalized spacial score (nSPS) is 10.8. The molecule has 0 fully saturated rings. The lowest BCUT2D eigenvalue weighted by molar-refractivity contribution is 0.387. The van der Waals surface area contributed by atoms with Crippen LogP contribution in [0.2, 0.25) is 0 Å². The molecule has 0 aliphatic carbocycles. The highest BCUT2D eigenvalue weighted by molar-refractivity contribution is 7.80. The monoisotopic (exact) mass is 195 g/mol. The Balaban J connectivity index is 2.58. The van der Waals surface area contributed by atoms with Gasteiger partial charge in [0.25, 0.3) is 0 Å². The van der Waals surface area contributed by atoms with E-state index >= 15 is 0 Å². The van der Waals surface area contributed by atoms with Crippen molar-refractivity contribution in [2.75, 3.05) is 12.9 Å². The van der Waals surface area contributed by atoms with Crippen LogP contribution in [0.4, 0.5) is 0 Å². The van der Waals surface area contributed by atoms with Crippen LogP contribution in [0, 0.1) is 0 Å². The van der Waals surface area contributed by atoms with E-state index in [1.165, 1.54) is 11.1 Å². The fourth-order valence-corrected chi connectivity index (χ4v) is 1.34. The zero-order valence-corrected chi connectivity index (χ0v) is 9.22. The summed E-state index contributed by atoms with van der Waals surface area (Å²) < 4.78 is 0. The molecular weight excluding hydrogens is 178 g/mol. The fraction of sp³-hybridized carbons (Fsp3) is 0.455. The maximum Gasteiger partial charge on any atom is 0.0414 e. The van der Waals surface area contributed by atoms with Crippen LogP contribution in [0.5, 0.6) is 0 Å². The van der Waals surface area contributed by atoms with E-state index < -0.39 is 0 Å². The zero-order valence-electron chi connectivity index (χ0n) is 8.33. The summed E-state index contributed by atoms with van der Waals surface area (Å²) in [5, 5.41) is 0. The van der Waals surface area contributed by atoms with E-state index in [-0.39, 0.29) is 0 Å². The molecule has 1 rings (SSSR count). The van der Waals surface area contributed by atoms with Gasteiger partial charge in [-0.3, -0.25) is 4.90 Å². The molecule has 0 saturated carbocycles. The molecule has 0 aromatic heterocycles. The Hall–Kier alpha value is -0.470. The predicted molar refractivity (Wildman–Crippen MR) is 61.1 cm³/mol. The molecule has 0 bridgehead atoms. The molecule has 0 amide bonds. The summed E-state index contributed by atoms with van der Waals surface area (Å²) in [6, 6.07) is 8.78. The number of hydrogen-bond acceptors (Lipinski definition) is 2. The van der Waals surface area contributed by atoms with Gasteiger partial charge in [-0.2, -0.15) is 12.6 Å². The topological polar surface area (TPSA) is 3.24 Å². The molecule has 0 radical (unpaired) electrons. The molecule has 0 spiro atoms. The lowest BCUT2D eigenvalue weighted by atomic mass is 10.1. The first kappa shape index (κ1) is 10.6. The van der Waals surface area contributed by atoms with Crippen LogP contribution in [0.25, 0.3) is 0 Å². The third-order valence-electron chi connectivity index (χ3n) is 2.13. The number of rotatable bonds is 4. The summed E-state index contributed by atoms with van der Waals surface area (Å²) in [5.74, 6) is 0.801. The lowest BCUT2D eigenvalue weighted by Gasteiger charge is -2.13. The number of hydrogen-bond donors (Lipinski definition) is 1. The molecule has 0 aliphatic heterocycles. The molecule has 0 unspecified atom stereocenters. The number of aryl methyl sites for hydroxylation is 1. The molecule has 1 aromatic carbocycles. The Kier molecular flexibility index (Phi) is 4.33. The summed E-state index contributed by atoms with van der Waals surface area (Å²) in [7, 11) is 2.07. The number of thiol groups is 1. The van der Waals surface area contributed by atoms with Crippen LogP contribution in [0.1, 0.15) is 18.1 Å². The van der Waals surface area contributed by atoms with Gasteiger partial charge in [-0.25, -0.2) is 0 Å². The van der Waals surface area contributed by atoms with E-state index in [0.717, 1.165) is 18.8 Å². The van der Waals surface area contributed by atoms with Crippen molar-refractivity contribution in [1.29, 1.82) is 0 Å². The highest BCUT2D eigenvalue weighted by atomic mass is 32.1. The Bertz CT molecular complexity index is 243. The first-order valence-electron chi connectivity index (χ1n) is 4.63. The average molecular weight is 195 g/mol.